The Morgan fingerprint density at radius 1 is 1.54 bits per heavy atom. The molecule has 1 atom stereocenters. The van der Waals surface area contributed by atoms with E-state index < -0.39 is 10.8 Å². The first-order valence-corrected chi connectivity index (χ1v) is 6.57. The zero-order valence-corrected chi connectivity index (χ0v) is 9.37. The summed E-state index contributed by atoms with van der Waals surface area (Å²) in [6.45, 7) is 2.73. The molecule has 4 nitrogen and oxygen atoms in total. The van der Waals surface area contributed by atoms with E-state index in [0.29, 0.717) is 0 Å². The van der Waals surface area contributed by atoms with E-state index in [9.17, 15) is 4.21 Å². The van der Waals surface area contributed by atoms with E-state index in [2.05, 4.69) is 15.5 Å². The summed E-state index contributed by atoms with van der Waals surface area (Å²) in [7, 11) is -0.691. The SMILES string of the molecule is Cc1nnc(NCCCS(C)=O)s1. The molecule has 0 aliphatic rings. The van der Waals surface area contributed by atoms with Crippen LogP contribution in [-0.4, -0.2) is 33.0 Å². The van der Waals surface area contributed by atoms with Crippen molar-refractivity contribution in [1.82, 2.24) is 10.2 Å². The summed E-state index contributed by atoms with van der Waals surface area (Å²) >= 11 is 1.54. The Bertz CT molecular complexity index is 287. The monoisotopic (exact) mass is 219 g/mol. The molecular formula is C7H13N3OS2. The van der Waals surface area contributed by atoms with Gasteiger partial charge in [-0.25, -0.2) is 0 Å². The number of anilines is 1. The molecule has 74 valence electrons. The van der Waals surface area contributed by atoms with Crippen molar-refractivity contribution in [2.24, 2.45) is 0 Å². The molecule has 13 heavy (non-hydrogen) atoms. The first-order valence-electron chi connectivity index (χ1n) is 4.02. The predicted molar refractivity (Wildman–Crippen MR) is 56.7 cm³/mol. The van der Waals surface area contributed by atoms with Gasteiger partial charge in [-0.3, -0.25) is 4.21 Å². The number of hydrogen-bond donors (Lipinski definition) is 1. The van der Waals surface area contributed by atoms with E-state index in [1.54, 1.807) is 6.26 Å². The molecule has 0 radical (unpaired) electrons. The van der Waals surface area contributed by atoms with Crippen LogP contribution in [0.1, 0.15) is 11.4 Å². The van der Waals surface area contributed by atoms with Crippen molar-refractivity contribution in [1.29, 1.82) is 0 Å². The smallest absolute Gasteiger partial charge is 0.205 e. The topological polar surface area (TPSA) is 54.9 Å². The highest BCUT2D eigenvalue weighted by Crippen LogP contribution is 2.12. The lowest BCUT2D eigenvalue weighted by Crippen LogP contribution is -2.05. The van der Waals surface area contributed by atoms with Crippen LogP contribution >= 0.6 is 11.3 Å². The van der Waals surface area contributed by atoms with E-state index in [-0.39, 0.29) is 0 Å². The highest BCUT2D eigenvalue weighted by molar-refractivity contribution is 7.84. The fourth-order valence-electron chi connectivity index (χ4n) is 0.839. The van der Waals surface area contributed by atoms with Crippen molar-refractivity contribution in [3.63, 3.8) is 0 Å². The summed E-state index contributed by atoms with van der Waals surface area (Å²) in [6.07, 6.45) is 2.62. The van der Waals surface area contributed by atoms with Crippen LogP contribution in [0.4, 0.5) is 5.13 Å². The van der Waals surface area contributed by atoms with Crippen LogP contribution in [0, 0.1) is 6.92 Å². The number of hydrogen-bond acceptors (Lipinski definition) is 5. The van der Waals surface area contributed by atoms with Crippen molar-refractivity contribution >= 4 is 27.3 Å². The van der Waals surface area contributed by atoms with Gasteiger partial charge in [-0.2, -0.15) is 0 Å². The molecule has 0 fully saturated rings. The van der Waals surface area contributed by atoms with Crippen molar-refractivity contribution in [3.8, 4) is 0 Å². The third-order valence-corrected chi connectivity index (χ3v) is 3.07. The summed E-state index contributed by atoms with van der Waals surface area (Å²) in [5.41, 5.74) is 0. The number of nitrogens with zero attached hydrogens (tertiary/aromatic N) is 2. The van der Waals surface area contributed by atoms with Gasteiger partial charge in [0.05, 0.1) is 0 Å². The van der Waals surface area contributed by atoms with Gasteiger partial charge in [0, 0.05) is 29.4 Å². The average Bonchev–Trinajstić information content (AvgIpc) is 2.45. The molecule has 0 saturated carbocycles. The maximum absolute atomic E-state index is 10.7. The molecule has 0 aromatic carbocycles. The van der Waals surface area contributed by atoms with Gasteiger partial charge in [0.15, 0.2) is 0 Å². The second kappa shape index (κ2) is 5.29. The van der Waals surface area contributed by atoms with Crippen LogP contribution in [-0.2, 0) is 10.8 Å². The van der Waals surface area contributed by atoms with Gasteiger partial charge < -0.3 is 5.32 Å². The lowest BCUT2D eigenvalue weighted by molar-refractivity contribution is 0.685. The fraction of sp³-hybridized carbons (Fsp3) is 0.714. The van der Waals surface area contributed by atoms with Gasteiger partial charge in [0.1, 0.15) is 5.01 Å². The Morgan fingerprint density at radius 2 is 2.31 bits per heavy atom. The van der Waals surface area contributed by atoms with Gasteiger partial charge >= 0.3 is 0 Å². The maximum Gasteiger partial charge on any atom is 0.205 e. The van der Waals surface area contributed by atoms with Crippen molar-refractivity contribution in [2.75, 3.05) is 23.9 Å². The third-order valence-electron chi connectivity index (χ3n) is 1.41. The third kappa shape index (κ3) is 4.33. The average molecular weight is 219 g/mol. The predicted octanol–water partition coefficient (Wildman–Crippen LogP) is 1.03. The summed E-state index contributed by atoms with van der Waals surface area (Å²) in [6, 6.07) is 0. The molecule has 1 aromatic rings. The van der Waals surface area contributed by atoms with Crippen LogP contribution in [0.25, 0.3) is 0 Å². The van der Waals surface area contributed by atoms with Crippen LogP contribution in [0.5, 0.6) is 0 Å². The highest BCUT2D eigenvalue weighted by Gasteiger charge is 1.98. The Hall–Kier alpha value is -0.490. The quantitative estimate of drug-likeness (QED) is 0.751. The number of aromatic nitrogens is 2. The van der Waals surface area contributed by atoms with E-state index in [4.69, 9.17) is 0 Å². The summed E-state index contributed by atoms with van der Waals surface area (Å²) in [4.78, 5) is 0. The molecule has 0 bridgehead atoms. The molecule has 0 spiro atoms. The molecule has 0 aliphatic heterocycles. The van der Waals surface area contributed by atoms with Crippen LogP contribution in [0.2, 0.25) is 0 Å². The molecule has 1 rings (SSSR count). The molecular weight excluding hydrogens is 206 g/mol. The number of aryl methyl sites for hydroxylation is 1. The number of rotatable bonds is 5. The fourth-order valence-corrected chi connectivity index (χ4v) is 2.01. The minimum Gasteiger partial charge on any atom is -0.360 e. The lowest BCUT2D eigenvalue weighted by Gasteiger charge is -1.99. The summed E-state index contributed by atoms with van der Waals surface area (Å²) in [5.74, 6) is 0.741. The Kier molecular flexibility index (Phi) is 4.31. The molecule has 6 heteroatoms. The largest absolute Gasteiger partial charge is 0.360 e. The van der Waals surface area contributed by atoms with Gasteiger partial charge in [-0.05, 0) is 13.3 Å². The minimum atomic E-state index is -0.691. The molecule has 0 aliphatic carbocycles. The van der Waals surface area contributed by atoms with Gasteiger partial charge in [-0.15, -0.1) is 10.2 Å². The highest BCUT2D eigenvalue weighted by atomic mass is 32.2. The van der Waals surface area contributed by atoms with Crippen LogP contribution in [0.15, 0.2) is 0 Å². The first kappa shape index (κ1) is 10.6. The number of nitrogens with one attached hydrogen (secondary N) is 1. The first-order chi connectivity index (χ1) is 6.18. The molecule has 1 heterocycles. The van der Waals surface area contributed by atoms with E-state index in [0.717, 1.165) is 28.9 Å². The normalized spacial score (nSPS) is 12.8. The summed E-state index contributed by atoms with van der Waals surface area (Å²) in [5, 5.41) is 12.7. The van der Waals surface area contributed by atoms with E-state index in [1.165, 1.54) is 11.3 Å². The molecule has 1 aromatic heterocycles. The standard InChI is InChI=1S/C7H13N3OS2/c1-6-9-10-7(12-6)8-4-3-5-13(2)11/h3-5H2,1-2H3,(H,8,10). The second-order valence-electron chi connectivity index (χ2n) is 2.68. The van der Waals surface area contributed by atoms with Gasteiger partial charge in [0.25, 0.3) is 0 Å². The van der Waals surface area contributed by atoms with Crippen LogP contribution < -0.4 is 5.32 Å². The van der Waals surface area contributed by atoms with Gasteiger partial charge in [0.2, 0.25) is 5.13 Å². The van der Waals surface area contributed by atoms with Crippen LogP contribution in [0.3, 0.4) is 0 Å². The van der Waals surface area contributed by atoms with Crippen molar-refractivity contribution in [3.05, 3.63) is 5.01 Å². The Morgan fingerprint density at radius 3 is 2.85 bits per heavy atom. The van der Waals surface area contributed by atoms with E-state index in [1.807, 2.05) is 6.92 Å². The zero-order chi connectivity index (χ0) is 9.68. The Balaban J connectivity index is 2.16. The van der Waals surface area contributed by atoms with Crippen molar-refractivity contribution < 1.29 is 4.21 Å². The second-order valence-corrected chi connectivity index (χ2v) is 5.42. The molecule has 1 N–H and O–H groups in total. The maximum atomic E-state index is 10.7. The molecule has 1 unspecified atom stereocenters. The zero-order valence-electron chi connectivity index (χ0n) is 7.74. The molecule has 0 amide bonds. The van der Waals surface area contributed by atoms with Gasteiger partial charge in [-0.1, -0.05) is 11.3 Å². The Labute approximate surface area is 84.2 Å². The molecule has 0 saturated heterocycles. The van der Waals surface area contributed by atoms with Crippen molar-refractivity contribution in [2.45, 2.75) is 13.3 Å². The van der Waals surface area contributed by atoms with E-state index >= 15 is 0 Å². The summed E-state index contributed by atoms with van der Waals surface area (Å²) < 4.78 is 10.7. The minimum absolute atomic E-state index is 0.691. The lowest BCUT2D eigenvalue weighted by atomic mass is 10.5.